The number of amides is 2. The molecule has 2 amide bonds. The zero-order valence-electron chi connectivity index (χ0n) is 18.3. The van der Waals surface area contributed by atoms with E-state index in [0.717, 1.165) is 0 Å². The lowest BCUT2D eigenvalue weighted by Gasteiger charge is -2.11. The van der Waals surface area contributed by atoms with E-state index in [1.165, 1.54) is 0 Å². The Hall–Kier alpha value is -4.39. The van der Waals surface area contributed by atoms with E-state index in [-0.39, 0.29) is 5.91 Å². The third kappa shape index (κ3) is 6.30. The van der Waals surface area contributed by atoms with E-state index in [2.05, 4.69) is 10.6 Å². The Morgan fingerprint density at radius 2 is 1.52 bits per heavy atom. The Morgan fingerprint density at radius 3 is 2.18 bits per heavy atom. The maximum Gasteiger partial charge on any atom is 0.339 e. The highest BCUT2D eigenvalue weighted by atomic mass is 16.5. The van der Waals surface area contributed by atoms with E-state index in [0.29, 0.717) is 33.7 Å². The molecule has 0 aliphatic carbocycles. The number of nitrogens with one attached hydrogen (secondary N) is 2. The van der Waals surface area contributed by atoms with Crippen LogP contribution in [0.15, 0.2) is 78.9 Å². The van der Waals surface area contributed by atoms with Crippen molar-refractivity contribution in [1.29, 1.82) is 0 Å². The fourth-order valence-corrected chi connectivity index (χ4v) is 3.07. The van der Waals surface area contributed by atoms with Gasteiger partial charge in [-0.15, -0.1) is 0 Å². The summed E-state index contributed by atoms with van der Waals surface area (Å²) in [5.74, 6) is -0.758. The Morgan fingerprint density at radius 1 is 0.848 bits per heavy atom. The predicted molar refractivity (Wildman–Crippen MR) is 127 cm³/mol. The zero-order chi connectivity index (χ0) is 23.6. The molecule has 0 aromatic heterocycles. The molecule has 7 nitrogen and oxygen atoms in total. The number of rotatable bonds is 8. The molecule has 0 aliphatic rings. The van der Waals surface area contributed by atoms with Gasteiger partial charge in [0.15, 0.2) is 6.61 Å². The van der Waals surface area contributed by atoms with Gasteiger partial charge in [0, 0.05) is 23.9 Å². The first-order chi connectivity index (χ1) is 16.0. The molecule has 0 atom stereocenters. The molecule has 0 heterocycles. The van der Waals surface area contributed by atoms with E-state index < -0.39 is 18.5 Å². The van der Waals surface area contributed by atoms with Crippen molar-refractivity contribution in [2.45, 2.75) is 0 Å². The minimum Gasteiger partial charge on any atom is -0.496 e. The standard InChI is InChI=1S/C26H24N2O5/c1-27-25(30)19-12-14-21(15-13-19)28-24(29)17-33-26(31)22(18-8-4-3-5-9-18)16-20-10-6-7-11-23(20)32-2/h3-16H,17H2,1-2H3,(H,27,30)(H,28,29)/b22-16+. The molecule has 2 N–H and O–H groups in total. The number of hydrogen-bond donors (Lipinski definition) is 2. The summed E-state index contributed by atoms with van der Waals surface area (Å²) in [5, 5.41) is 5.17. The van der Waals surface area contributed by atoms with Crippen LogP contribution in [0.4, 0.5) is 5.69 Å². The van der Waals surface area contributed by atoms with Crippen LogP contribution >= 0.6 is 0 Å². The second-order valence-electron chi connectivity index (χ2n) is 6.95. The molecule has 7 heteroatoms. The van der Waals surface area contributed by atoms with Crippen molar-refractivity contribution in [2.24, 2.45) is 0 Å². The first-order valence-corrected chi connectivity index (χ1v) is 10.2. The number of esters is 1. The highest BCUT2D eigenvalue weighted by Crippen LogP contribution is 2.25. The highest BCUT2D eigenvalue weighted by molar-refractivity contribution is 6.22. The molecule has 3 rings (SSSR count). The number of carbonyl (C=O) groups excluding carboxylic acids is 3. The van der Waals surface area contributed by atoms with Gasteiger partial charge in [-0.2, -0.15) is 0 Å². The minimum absolute atomic E-state index is 0.225. The monoisotopic (exact) mass is 444 g/mol. The first-order valence-electron chi connectivity index (χ1n) is 10.2. The van der Waals surface area contributed by atoms with E-state index in [1.54, 1.807) is 62.7 Å². The van der Waals surface area contributed by atoms with E-state index >= 15 is 0 Å². The Labute approximate surface area is 192 Å². The van der Waals surface area contributed by atoms with Gasteiger partial charge in [0.25, 0.3) is 11.8 Å². The van der Waals surface area contributed by atoms with Gasteiger partial charge in [0.1, 0.15) is 5.75 Å². The number of ether oxygens (including phenoxy) is 2. The van der Waals surface area contributed by atoms with E-state index in [4.69, 9.17) is 9.47 Å². The summed E-state index contributed by atoms with van der Waals surface area (Å²) in [4.78, 5) is 36.8. The molecule has 0 aliphatic heterocycles. The molecule has 3 aromatic carbocycles. The summed E-state index contributed by atoms with van der Waals surface area (Å²) in [6.45, 7) is -0.466. The van der Waals surface area contributed by atoms with Crippen LogP contribution in [0.5, 0.6) is 5.75 Å². The van der Waals surface area contributed by atoms with Crippen LogP contribution in [0.2, 0.25) is 0 Å². The number of hydrogen-bond acceptors (Lipinski definition) is 5. The van der Waals surface area contributed by atoms with Crippen molar-refractivity contribution < 1.29 is 23.9 Å². The van der Waals surface area contributed by atoms with Crippen molar-refractivity contribution in [3.63, 3.8) is 0 Å². The van der Waals surface area contributed by atoms with Crippen LogP contribution in [-0.2, 0) is 14.3 Å². The summed E-state index contributed by atoms with van der Waals surface area (Å²) in [6, 6.07) is 22.7. The van der Waals surface area contributed by atoms with Gasteiger partial charge in [-0.1, -0.05) is 48.5 Å². The minimum atomic E-state index is -0.641. The highest BCUT2D eigenvalue weighted by Gasteiger charge is 2.17. The van der Waals surface area contributed by atoms with Crippen LogP contribution in [0.3, 0.4) is 0 Å². The second-order valence-corrected chi connectivity index (χ2v) is 6.95. The molecule has 0 radical (unpaired) electrons. The van der Waals surface area contributed by atoms with Crippen molar-refractivity contribution in [2.75, 3.05) is 26.1 Å². The summed E-state index contributed by atoms with van der Waals surface area (Å²) in [7, 11) is 3.09. The van der Waals surface area contributed by atoms with Crippen molar-refractivity contribution in [1.82, 2.24) is 5.32 Å². The van der Waals surface area contributed by atoms with Gasteiger partial charge in [-0.3, -0.25) is 9.59 Å². The van der Waals surface area contributed by atoms with Gasteiger partial charge in [-0.05, 0) is 42.0 Å². The lowest BCUT2D eigenvalue weighted by molar-refractivity contribution is -0.141. The van der Waals surface area contributed by atoms with E-state index in [9.17, 15) is 14.4 Å². The largest absolute Gasteiger partial charge is 0.496 e. The molecule has 0 unspecified atom stereocenters. The van der Waals surface area contributed by atoms with Crippen LogP contribution in [-0.4, -0.2) is 38.5 Å². The Balaban J connectivity index is 1.71. The van der Waals surface area contributed by atoms with E-state index in [1.807, 2.05) is 36.4 Å². The fourth-order valence-electron chi connectivity index (χ4n) is 3.07. The molecule has 168 valence electrons. The van der Waals surface area contributed by atoms with Gasteiger partial charge in [-0.25, -0.2) is 4.79 Å². The molecule has 0 fully saturated rings. The number of benzene rings is 3. The van der Waals surface area contributed by atoms with Crippen LogP contribution < -0.4 is 15.4 Å². The summed E-state index contributed by atoms with van der Waals surface area (Å²) in [6.07, 6.45) is 1.67. The lowest BCUT2D eigenvalue weighted by atomic mass is 10.0. The maximum absolute atomic E-state index is 12.9. The Bertz CT molecular complexity index is 1150. The van der Waals surface area contributed by atoms with Crippen molar-refractivity contribution >= 4 is 35.1 Å². The molecule has 0 spiro atoms. The molecule has 0 bridgehead atoms. The van der Waals surface area contributed by atoms with Gasteiger partial charge >= 0.3 is 5.97 Å². The molecule has 3 aromatic rings. The molecule has 33 heavy (non-hydrogen) atoms. The van der Waals surface area contributed by atoms with Crippen LogP contribution in [0.1, 0.15) is 21.5 Å². The summed E-state index contributed by atoms with van der Waals surface area (Å²) >= 11 is 0. The maximum atomic E-state index is 12.9. The Kier molecular flexibility index (Phi) is 7.96. The third-order valence-electron chi connectivity index (χ3n) is 4.74. The normalized spacial score (nSPS) is 10.8. The molecule has 0 saturated carbocycles. The average molecular weight is 444 g/mol. The molecule has 0 saturated heterocycles. The van der Waals surface area contributed by atoms with Gasteiger partial charge in [0.05, 0.1) is 12.7 Å². The topological polar surface area (TPSA) is 93.7 Å². The smallest absolute Gasteiger partial charge is 0.339 e. The van der Waals surface area contributed by atoms with Crippen LogP contribution in [0, 0.1) is 0 Å². The summed E-state index contributed by atoms with van der Waals surface area (Å²) < 4.78 is 10.7. The third-order valence-corrected chi connectivity index (χ3v) is 4.74. The number of anilines is 1. The number of methoxy groups -OCH3 is 1. The second kappa shape index (κ2) is 11.3. The number of carbonyl (C=O) groups is 3. The van der Waals surface area contributed by atoms with Crippen molar-refractivity contribution in [3.05, 3.63) is 95.6 Å². The number of para-hydroxylation sites is 1. The zero-order valence-corrected chi connectivity index (χ0v) is 18.3. The first kappa shape index (κ1) is 23.3. The average Bonchev–Trinajstić information content (AvgIpc) is 2.86. The molecular formula is C26H24N2O5. The fraction of sp³-hybridized carbons (Fsp3) is 0.115. The van der Waals surface area contributed by atoms with Gasteiger partial charge < -0.3 is 20.1 Å². The SMILES string of the molecule is CNC(=O)c1ccc(NC(=O)COC(=O)/C(=C/c2ccccc2OC)c2ccccc2)cc1. The lowest BCUT2D eigenvalue weighted by Crippen LogP contribution is -2.21. The predicted octanol–water partition coefficient (Wildman–Crippen LogP) is 3.78. The van der Waals surface area contributed by atoms with Crippen molar-refractivity contribution in [3.8, 4) is 5.75 Å². The molecular weight excluding hydrogens is 420 g/mol. The van der Waals surface area contributed by atoms with Gasteiger partial charge in [0.2, 0.25) is 0 Å². The van der Waals surface area contributed by atoms with Crippen LogP contribution in [0.25, 0.3) is 11.6 Å². The quantitative estimate of drug-likeness (QED) is 0.313. The summed E-state index contributed by atoms with van der Waals surface area (Å²) in [5.41, 5.74) is 2.60.